The van der Waals surface area contributed by atoms with Crippen molar-refractivity contribution in [3.63, 3.8) is 0 Å². The second kappa shape index (κ2) is 5.02. The van der Waals surface area contributed by atoms with Gasteiger partial charge in [-0.2, -0.15) is 5.26 Å². The molecule has 1 aromatic carbocycles. The molecule has 3 rings (SSSR count). The third-order valence-electron chi connectivity index (χ3n) is 2.99. The summed E-state index contributed by atoms with van der Waals surface area (Å²) in [6, 6.07) is 10.3. The third-order valence-corrected chi connectivity index (χ3v) is 4.01. The molecule has 0 aliphatic carbocycles. The average Bonchev–Trinajstić information content (AvgIpc) is 2.81. The number of nitriles is 1. The van der Waals surface area contributed by atoms with E-state index in [0.29, 0.717) is 13.2 Å². The van der Waals surface area contributed by atoms with Gasteiger partial charge in [0.2, 0.25) is 0 Å². The first-order valence-corrected chi connectivity index (χ1v) is 6.75. The van der Waals surface area contributed by atoms with Crippen molar-refractivity contribution in [1.29, 1.82) is 5.26 Å². The monoisotopic (exact) mass is 259 g/mol. The number of benzene rings is 1. The molecule has 0 amide bonds. The first-order valence-electron chi connectivity index (χ1n) is 5.93. The lowest BCUT2D eigenvalue weighted by Gasteiger charge is -2.28. The topological polar surface area (TPSA) is 49.2 Å². The summed E-state index contributed by atoms with van der Waals surface area (Å²) in [6.07, 6.45) is -0.298. The number of thiazole rings is 1. The molecule has 0 saturated carbocycles. The molecule has 0 spiro atoms. The minimum atomic E-state index is -0.298. The van der Waals surface area contributed by atoms with E-state index in [-0.39, 0.29) is 6.10 Å². The van der Waals surface area contributed by atoms with Gasteiger partial charge in [-0.3, -0.25) is 4.90 Å². The maximum atomic E-state index is 8.87. The van der Waals surface area contributed by atoms with Gasteiger partial charge in [-0.15, -0.1) is 11.3 Å². The van der Waals surface area contributed by atoms with Gasteiger partial charge in [0.25, 0.3) is 0 Å². The van der Waals surface area contributed by atoms with E-state index in [4.69, 9.17) is 10.00 Å². The van der Waals surface area contributed by atoms with Crippen molar-refractivity contribution in [2.75, 3.05) is 19.7 Å². The maximum absolute atomic E-state index is 8.87. The standard InChI is InChI=1S/C13H13N3OS/c14-7-10-8-16(5-6-17-10)9-13-15-11-3-1-2-4-12(11)18-13/h1-4,10H,5-6,8-9H2. The second-order valence-corrected chi connectivity index (χ2v) is 5.41. The number of aromatic nitrogens is 1. The van der Waals surface area contributed by atoms with Crippen LogP contribution in [0.3, 0.4) is 0 Å². The lowest BCUT2D eigenvalue weighted by Crippen LogP contribution is -2.41. The summed E-state index contributed by atoms with van der Waals surface area (Å²) in [5.74, 6) is 0. The number of hydrogen-bond acceptors (Lipinski definition) is 5. The Kier molecular flexibility index (Phi) is 3.24. The van der Waals surface area contributed by atoms with Crippen LogP contribution in [0.15, 0.2) is 24.3 Å². The Morgan fingerprint density at radius 1 is 1.50 bits per heavy atom. The number of fused-ring (bicyclic) bond motifs is 1. The summed E-state index contributed by atoms with van der Waals surface area (Å²) in [4.78, 5) is 6.84. The van der Waals surface area contributed by atoms with Crippen molar-refractivity contribution >= 4 is 21.6 Å². The first kappa shape index (κ1) is 11.6. The van der Waals surface area contributed by atoms with Crippen LogP contribution in [-0.2, 0) is 11.3 Å². The molecule has 1 unspecified atom stereocenters. The molecule has 1 saturated heterocycles. The number of nitrogens with zero attached hydrogens (tertiary/aromatic N) is 3. The fourth-order valence-corrected chi connectivity index (χ4v) is 3.11. The van der Waals surface area contributed by atoms with Crippen molar-refractivity contribution in [1.82, 2.24) is 9.88 Å². The molecule has 0 N–H and O–H groups in total. The molecule has 0 bridgehead atoms. The van der Waals surface area contributed by atoms with E-state index in [1.807, 2.05) is 18.2 Å². The fourth-order valence-electron chi connectivity index (χ4n) is 2.10. The molecule has 1 atom stereocenters. The van der Waals surface area contributed by atoms with E-state index < -0.39 is 0 Å². The normalized spacial score (nSPS) is 20.9. The van der Waals surface area contributed by atoms with Gasteiger partial charge in [0.15, 0.2) is 6.10 Å². The summed E-state index contributed by atoms with van der Waals surface area (Å²) in [6.45, 7) is 2.98. The molecule has 92 valence electrons. The van der Waals surface area contributed by atoms with Gasteiger partial charge >= 0.3 is 0 Å². The summed E-state index contributed by atoms with van der Waals surface area (Å²) < 4.78 is 6.55. The van der Waals surface area contributed by atoms with Crippen LogP contribution in [0.5, 0.6) is 0 Å². The van der Waals surface area contributed by atoms with Crippen LogP contribution >= 0.6 is 11.3 Å². The molecule has 5 heteroatoms. The zero-order valence-electron chi connectivity index (χ0n) is 9.87. The Morgan fingerprint density at radius 3 is 3.22 bits per heavy atom. The van der Waals surface area contributed by atoms with E-state index in [1.165, 1.54) is 4.70 Å². The highest BCUT2D eigenvalue weighted by atomic mass is 32.1. The van der Waals surface area contributed by atoms with Crippen molar-refractivity contribution in [3.8, 4) is 6.07 Å². The van der Waals surface area contributed by atoms with E-state index in [2.05, 4.69) is 22.0 Å². The second-order valence-electron chi connectivity index (χ2n) is 4.30. The Hall–Kier alpha value is -1.48. The van der Waals surface area contributed by atoms with Gasteiger partial charge < -0.3 is 4.74 Å². The van der Waals surface area contributed by atoms with Crippen LogP contribution in [0.2, 0.25) is 0 Å². The minimum Gasteiger partial charge on any atom is -0.361 e. The van der Waals surface area contributed by atoms with Gasteiger partial charge in [0, 0.05) is 13.1 Å². The molecule has 2 heterocycles. The molecule has 1 aliphatic heterocycles. The van der Waals surface area contributed by atoms with E-state index in [9.17, 15) is 0 Å². The van der Waals surface area contributed by atoms with Crippen molar-refractivity contribution in [2.45, 2.75) is 12.6 Å². The molecule has 1 aliphatic rings. The quantitative estimate of drug-likeness (QED) is 0.828. The number of morpholine rings is 1. The van der Waals surface area contributed by atoms with Crippen molar-refractivity contribution in [2.24, 2.45) is 0 Å². The maximum Gasteiger partial charge on any atom is 0.156 e. The molecular formula is C13H13N3OS. The third kappa shape index (κ3) is 2.36. The minimum absolute atomic E-state index is 0.298. The zero-order chi connectivity index (χ0) is 12.4. The lowest BCUT2D eigenvalue weighted by atomic mass is 10.3. The van der Waals surface area contributed by atoms with E-state index in [1.54, 1.807) is 11.3 Å². The largest absolute Gasteiger partial charge is 0.361 e. The van der Waals surface area contributed by atoms with Gasteiger partial charge in [0.05, 0.1) is 29.4 Å². The van der Waals surface area contributed by atoms with Gasteiger partial charge in [0.1, 0.15) is 5.01 Å². The Balaban J connectivity index is 1.74. The van der Waals surface area contributed by atoms with Crippen LogP contribution in [0, 0.1) is 11.3 Å². The number of para-hydroxylation sites is 1. The molecule has 1 fully saturated rings. The number of ether oxygens (including phenoxy) is 1. The summed E-state index contributed by atoms with van der Waals surface area (Å²) in [7, 11) is 0. The van der Waals surface area contributed by atoms with Gasteiger partial charge in [-0.25, -0.2) is 4.98 Å². The Labute approximate surface area is 109 Å². The predicted octanol–water partition coefficient (Wildman–Crippen LogP) is 2.02. The van der Waals surface area contributed by atoms with E-state index in [0.717, 1.165) is 23.6 Å². The Morgan fingerprint density at radius 2 is 2.39 bits per heavy atom. The summed E-state index contributed by atoms with van der Waals surface area (Å²) in [5.41, 5.74) is 1.06. The summed E-state index contributed by atoms with van der Waals surface area (Å²) >= 11 is 1.72. The number of hydrogen-bond donors (Lipinski definition) is 0. The van der Waals surface area contributed by atoms with Gasteiger partial charge in [-0.1, -0.05) is 12.1 Å². The highest BCUT2D eigenvalue weighted by Gasteiger charge is 2.20. The van der Waals surface area contributed by atoms with Crippen molar-refractivity contribution in [3.05, 3.63) is 29.3 Å². The Bertz CT molecular complexity index is 556. The van der Waals surface area contributed by atoms with Crippen LogP contribution in [0.1, 0.15) is 5.01 Å². The molecule has 18 heavy (non-hydrogen) atoms. The van der Waals surface area contributed by atoms with Crippen LogP contribution in [-0.4, -0.2) is 35.7 Å². The highest BCUT2D eigenvalue weighted by Crippen LogP contribution is 2.23. The lowest BCUT2D eigenvalue weighted by molar-refractivity contribution is -0.00268. The smallest absolute Gasteiger partial charge is 0.156 e. The summed E-state index contributed by atoms with van der Waals surface area (Å²) in [5, 5.41) is 9.98. The first-order chi connectivity index (χ1) is 8.85. The average molecular weight is 259 g/mol. The fraction of sp³-hybridized carbons (Fsp3) is 0.385. The zero-order valence-corrected chi connectivity index (χ0v) is 10.7. The highest BCUT2D eigenvalue weighted by molar-refractivity contribution is 7.18. The molecule has 4 nitrogen and oxygen atoms in total. The molecular weight excluding hydrogens is 246 g/mol. The predicted molar refractivity (Wildman–Crippen MR) is 70.3 cm³/mol. The number of rotatable bonds is 2. The molecule has 2 aromatic rings. The van der Waals surface area contributed by atoms with Crippen LogP contribution in [0.4, 0.5) is 0 Å². The van der Waals surface area contributed by atoms with E-state index >= 15 is 0 Å². The SMILES string of the molecule is N#CC1CN(Cc2nc3ccccc3s2)CCO1. The van der Waals surface area contributed by atoms with Crippen molar-refractivity contribution < 1.29 is 4.74 Å². The van der Waals surface area contributed by atoms with Crippen LogP contribution < -0.4 is 0 Å². The molecule has 0 radical (unpaired) electrons. The molecule has 1 aromatic heterocycles. The van der Waals surface area contributed by atoms with Gasteiger partial charge in [-0.05, 0) is 12.1 Å². The van der Waals surface area contributed by atoms with Crippen LogP contribution in [0.25, 0.3) is 10.2 Å².